The van der Waals surface area contributed by atoms with Gasteiger partial charge in [0.2, 0.25) is 5.91 Å². The molecule has 6 nitrogen and oxygen atoms in total. The van der Waals surface area contributed by atoms with Gasteiger partial charge in [0.15, 0.2) is 0 Å². The second-order valence-electron chi connectivity index (χ2n) is 7.90. The Hall–Kier alpha value is -2.29. The fourth-order valence-electron chi connectivity index (χ4n) is 4.08. The van der Waals surface area contributed by atoms with Crippen LogP contribution in [0.1, 0.15) is 41.5 Å². The van der Waals surface area contributed by atoms with Crippen molar-refractivity contribution in [2.75, 3.05) is 18.6 Å². The number of nitrogens with zero attached hydrogens (tertiary/aromatic N) is 2. The number of aromatic amines is 1. The van der Waals surface area contributed by atoms with Gasteiger partial charge in [0.1, 0.15) is 17.7 Å². The standard InChI is InChI=1S/C23H23Cl2FN4O2S/c1-33-10-8-18(29-22(31)15-6-4-13(24)11-16(15)25)23(32)30-9-2-3-20(30)21-27-17-7-5-14(26)12-19(17)28-21/h4-7,11-12,18,20H,2-3,8-10H2,1H3,(H,27,28)(H,29,31). The lowest BCUT2D eigenvalue weighted by molar-refractivity contribution is -0.134. The van der Waals surface area contributed by atoms with Crippen molar-refractivity contribution in [1.82, 2.24) is 20.2 Å². The van der Waals surface area contributed by atoms with E-state index < -0.39 is 11.9 Å². The molecular weight excluding hydrogens is 486 g/mol. The molecule has 2 aromatic carbocycles. The zero-order chi connectivity index (χ0) is 23.5. The second-order valence-corrected chi connectivity index (χ2v) is 9.73. The van der Waals surface area contributed by atoms with Crippen LogP contribution in [-0.4, -0.2) is 51.3 Å². The van der Waals surface area contributed by atoms with E-state index >= 15 is 0 Å². The molecule has 33 heavy (non-hydrogen) atoms. The number of thioether (sulfide) groups is 1. The lowest BCUT2D eigenvalue weighted by atomic mass is 10.1. The zero-order valence-electron chi connectivity index (χ0n) is 17.9. The molecule has 1 aliphatic heterocycles. The van der Waals surface area contributed by atoms with Gasteiger partial charge in [0.05, 0.1) is 27.7 Å². The first kappa shape index (κ1) is 23.9. The number of likely N-dealkylation sites (tertiary alicyclic amines) is 1. The molecule has 0 bridgehead atoms. The number of carbonyl (C=O) groups excluding carboxylic acids is 2. The Morgan fingerprint density at radius 2 is 2.12 bits per heavy atom. The number of amides is 2. The SMILES string of the molecule is CSCCC(NC(=O)c1ccc(Cl)cc1Cl)C(=O)N1CCCC1c1nc2ccc(F)cc2[nH]1. The van der Waals surface area contributed by atoms with Crippen LogP contribution in [0.25, 0.3) is 11.0 Å². The minimum atomic E-state index is -0.709. The van der Waals surface area contributed by atoms with Crippen molar-refractivity contribution in [2.24, 2.45) is 0 Å². The monoisotopic (exact) mass is 508 g/mol. The Bertz CT molecular complexity index is 1190. The largest absolute Gasteiger partial charge is 0.340 e. The van der Waals surface area contributed by atoms with Crippen molar-refractivity contribution < 1.29 is 14.0 Å². The van der Waals surface area contributed by atoms with Crippen molar-refractivity contribution >= 4 is 57.8 Å². The zero-order valence-corrected chi connectivity index (χ0v) is 20.2. The number of carbonyl (C=O) groups is 2. The molecule has 4 rings (SSSR count). The summed E-state index contributed by atoms with van der Waals surface area (Å²) < 4.78 is 13.6. The van der Waals surface area contributed by atoms with Gasteiger partial charge in [0.25, 0.3) is 5.91 Å². The number of hydrogen-bond acceptors (Lipinski definition) is 4. The minimum absolute atomic E-state index is 0.170. The van der Waals surface area contributed by atoms with Crippen molar-refractivity contribution in [3.05, 3.63) is 63.6 Å². The van der Waals surface area contributed by atoms with Crippen LogP contribution in [0, 0.1) is 5.82 Å². The van der Waals surface area contributed by atoms with Crippen LogP contribution >= 0.6 is 35.0 Å². The van der Waals surface area contributed by atoms with Crippen LogP contribution in [0.3, 0.4) is 0 Å². The van der Waals surface area contributed by atoms with E-state index in [0.717, 1.165) is 12.8 Å². The van der Waals surface area contributed by atoms with E-state index in [-0.39, 0.29) is 28.4 Å². The summed E-state index contributed by atoms with van der Waals surface area (Å²) in [6, 6.07) is 8.02. The Balaban J connectivity index is 1.56. The second kappa shape index (κ2) is 10.3. The highest BCUT2D eigenvalue weighted by Gasteiger charge is 2.36. The third kappa shape index (κ3) is 5.28. The van der Waals surface area contributed by atoms with E-state index in [4.69, 9.17) is 23.2 Å². The van der Waals surface area contributed by atoms with Crippen LogP contribution in [0.2, 0.25) is 10.0 Å². The Kier molecular flexibility index (Phi) is 7.46. The van der Waals surface area contributed by atoms with Crippen molar-refractivity contribution in [3.63, 3.8) is 0 Å². The highest BCUT2D eigenvalue weighted by atomic mass is 35.5. The number of halogens is 3. The maximum Gasteiger partial charge on any atom is 0.253 e. The molecule has 0 saturated carbocycles. The number of rotatable bonds is 7. The summed E-state index contributed by atoms with van der Waals surface area (Å²) in [5.41, 5.74) is 1.50. The van der Waals surface area contributed by atoms with Crippen LogP contribution < -0.4 is 5.32 Å². The summed E-state index contributed by atoms with van der Waals surface area (Å²) in [5.74, 6) is 0.380. The molecule has 0 spiro atoms. The summed E-state index contributed by atoms with van der Waals surface area (Å²) in [5, 5.41) is 3.51. The Morgan fingerprint density at radius 3 is 2.88 bits per heavy atom. The lowest BCUT2D eigenvalue weighted by Crippen LogP contribution is -2.48. The highest BCUT2D eigenvalue weighted by molar-refractivity contribution is 7.98. The maximum atomic E-state index is 13.6. The Labute approximate surface area is 205 Å². The summed E-state index contributed by atoms with van der Waals surface area (Å²) in [6.07, 6.45) is 3.98. The molecule has 2 amide bonds. The molecule has 0 aliphatic carbocycles. The number of imidazole rings is 1. The normalized spacial score (nSPS) is 16.8. The van der Waals surface area contributed by atoms with Gasteiger partial charge in [-0.1, -0.05) is 23.2 Å². The van der Waals surface area contributed by atoms with Crippen molar-refractivity contribution in [1.29, 1.82) is 0 Å². The maximum absolute atomic E-state index is 13.6. The molecule has 2 heterocycles. The number of aromatic nitrogens is 2. The quantitative estimate of drug-likeness (QED) is 0.458. The van der Waals surface area contributed by atoms with Crippen molar-refractivity contribution in [3.8, 4) is 0 Å². The predicted molar refractivity (Wildman–Crippen MR) is 130 cm³/mol. The first-order valence-electron chi connectivity index (χ1n) is 10.6. The average molecular weight is 509 g/mol. The van der Waals surface area contributed by atoms with Gasteiger partial charge in [-0.05, 0) is 67.7 Å². The third-order valence-corrected chi connectivity index (χ3v) is 6.90. The molecule has 1 aliphatic rings. The van der Waals surface area contributed by atoms with Gasteiger partial charge < -0.3 is 15.2 Å². The van der Waals surface area contributed by atoms with E-state index in [1.165, 1.54) is 18.2 Å². The molecule has 1 saturated heterocycles. The number of nitrogens with one attached hydrogen (secondary N) is 2. The summed E-state index contributed by atoms with van der Waals surface area (Å²) in [7, 11) is 0. The smallest absolute Gasteiger partial charge is 0.253 e. The first-order valence-corrected chi connectivity index (χ1v) is 12.7. The molecule has 3 aromatic rings. The minimum Gasteiger partial charge on any atom is -0.340 e. The van der Waals surface area contributed by atoms with E-state index in [1.54, 1.807) is 34.9 Å². The Morgan fingerprint density at radius 1 is 1.30 bits per heavy atom. The van der Waals surface area contributed by atoms with Gasteiger partial charge in [-0.3, -0.25) is 9.59 Å². The fraction of sp³-hybridized carbons (Fsp3) is 0.348. The number of H-pyrrole nitrogens is 1. The predicted octanol–water partition coefficient (Wildman–Crippen LogP) is 5.22. The van der Waals surface area contributed by atoms with Gasteiger partial charge in [-0.25, -0.2) is 9.37 Å². The van der Waals surface area contributed by atoms with Crippen LogP contribution in [0.4, 0.5) is 4.39 Å². The van der Waals surface area contributed by atoms with Gasteiger partial charge in [0, 0.05) is 11.6 Å². The molecule has 2 atom stereocenters. The molecule has 1 fully saturated rings. The molecule has 2 unspecified atom stereocenters. The fourth-order valence-corrected chi connectivity index (χ4v) is 5.04. The van der Waals surface area contributed by atoms with Crippen molar-refractivity contribution in [2.45, 2.75) is 31.3 Å². The topological polar surface area (TPSA) is 78.1 Å². The van der Waals surface area contributed by atoms with Gasteiger partial charge >= 0.3 is 0 Å². The van der Waals surface area contributed by atoms with E-state index in [2.05, 4.69) is 15.3 Å². The van der Waals surface area contributed by atoms with E-state index in [1.807, 2.05) is 6.26 Å². The molecular formula is C23H23Cl2FN4O2S. The number of hydrogen-bond donors (Lipinski definition) is 2. The average Bonchev–Trinajstić information content (AvgIpc) is 3.42. The summed E-state index contributed by atoms with van der Waals surface area (Å²) >= 11 is 13.7. The molecule has 1 aromatic heterocycles. The van der Waals surface area contributed by atoms with E-state index in [9.17, 15) is 14.0 Å². The summed E-state index contributed by atoms with van der Waals surface area (Å²) in [6.45, 7) is 0.558. The van der Waals surface area contributed by atoms with Crippen LogP contribution in [-0.2, 0) is 4.79 Å². The molecule has 174 valence electrons. The molecule has 0 radical (unpaired) electrons. The van der Waals surface area contributed by atoms with Gasteiger partial charge in [-0.2, -0.15) is 11.8 Å². The first-order chi connectivity index (χ1) is 15.9. The van der Waals surface area contributed by atoms with Gasteiger partial charge in [-0.15, -0.1) is 0 Å². The molecule has 10 heteroatoms. The molecule has 2 N–H and O–H groups in total. The van der Waals surface area contributed by atoms with Crippen LogP contribution in [0.15, 0.2) is 36.4 Å². The van der Waals surface area contributed by atoms with Crippen LogP contribution in [0.5, 0.6) is 0 Å². The summed E-state index contributed by atoms with van der Waals surface area (Å²) in [4.78, 5) is 35.9. The lowest BCUT2D eigenvalue weighted by Gasteiger charge is -2.28. The highest BCUT2D eigenvalue weighted by Crippen LogP contribution is 2.32. The third-order valence-electron chi connectivity index (χ3n) is 5.70. The number of benzene rings is 2. The van der Waals surface area contributed by atoms with E-state index in [0.29, 0.717) is 40.6 Å². The number of fused-ring (bicyclic) bond motifs is 1.